The minimum atomic E-state index is -1.26. The van der Waals surface area contributed by atoms with Crippen molar-refractivity contribution in [2.75, 3.05) is 18.0 Å². The maximum absolute atomic E-state index is 13.5. The lowest BCUT2D eigenvalue weighted by atomic mass is 10.1. The lowest BCUT2D eigenvalue weighted by Crippen LogP contribution is -2.35. The van der Waals surface area contributed by atoms with Crippen molar-refractivity contribution >= 4 is 11.7 Å². The quantitative estimate of drug-likeness (QED) is 0.820. The first-order chi connectivity index (χ1) is 8.08. The second-order valence-corrected chi connectivity index (χ2v) is 4.19. The number of carboxylic acid groups (broad SMARTS) is 1. The molecule has 0 atom stereocenters. The summed E-state index contributed by atoms with van der Waals surface area (Å²) in [7, 11) is 0. The molecule has 0 saturated carbocycles. The Kier molecular flexibility index (Phi) is 3.28. The molecular weight excluding hydrogens is 225 g/mol. The lowest BCUT2D eigenvalue weighted by Gasteiger charge is -2.31. The molecule has 92 valence electrons. The minimum Gasteiger partial charge on any atom is -0.478 e. The third-order valence-electron chi connectivity index (χ3n) is 3.01. The first-order valence-electron chi connectivity index (χ1n) is 5.54. The molecule has 0 radical (unpaired) electrons. The van der Waals surface area contributed by atoms with Crippen LogP contribution in [-0.2, 0) is 0 Å². The molecule has 1 fully saturated rings. The van der Waals surface area contributed by atoms with Gasteiger partial charge in [-0.2, -0.15) is 0 Å². The summed E-state index contributed by atoms with van der Waals surface area (Å²) in [5.41, 5.74) is 0.352. The highest BCUT2D eigenvalue weighted by Crippen LogP contribution is 2.22. The molecule has 1 aromatic rings. The molecule has 0 aromatic heterocycles. The van der Waals surface area contributed by atoms with Crippen LogP contribution in [0.1, 0.15) is 23.2 Å². The molecule has 0 amide bonds. The number of aliphatic hydroxyl groups is 1. The number of hydrogen-bond acceptors (Lipinski definition) is 3. The maximum Gasteiger partial charge on any atom is 0.338 e. The number of carbonyl (C=O) groups is 1. The van der Waals surface area contributed by atoms with Crippen LogP contribution >= 0.6 is 0 Å². The Bertz CT molecular complexity index is 428. The molecule has 1 aliphatic rings. The number of anilines is 1. The summed E-state index contributed by atoms with van der Waals surface area (Å²) >= 11 is 0. The minimum absolute atomic E-state index is 0.283. The van der Waals surface area contributed by atoms with Gasteiger partial charge < -0.3 is 15.1 Å². The van der Waals surface area contributed by atoms with E-state index in [1.54, 1.807) is 6.07 Å². The average molecular weight is 239 g/mol. The van der Waals surface area contributed by atoms with Gasteiger partial charge in [-0.05, 0) is 31.0 Å². The predicted octanol–water partition coefficient (Wildman–Crippen LogP) is 1.48. The van der Waals surface area contributed by atoms with Gasteiger partial charge >= 0.3 is 5.97 Å². The molecule has 0 unspecified atom stereocenters. The highest BCUT2D eigenvalue weighted by atomic mass is 19.1. The molecule has 1 aliphatic heterocycles. The first-order valence-corrected chi connectivity index (χ1v) is 5.54. The number of piperidine rings is 1. The van der Waals surface area contributed by atoms with Gasteiger partial charge in [-0.15, -0.1) is 0 Å². The maximum atomic E-state index is 13.5. The van der Waals surface area contributed by atoms with E-state index in [1.807, 2.05) is 4.90 Å². The van der Waals surface area contributed by atoms with Gasteiger partial charge in [0, 0.05) is 18.8 Å². The number of aliphatic hydroxyl groups excluding tert-OH is 1. The molecule has 17 heavy (non-hydrogen) atoms. The monoisotopic (exact) mass is 239 g/mol. The number of nitrogens with zero attached hydrogens (tertiary/aromatic N) is 1. The van der Waals surface area contributed by atoms with E-state index in [2.05, 4.69) is 0 Å². The van der Waals surface area contributed by atoms with Gasteiger partial charge in [-0.1, -0.05) is 0 Å². The normalized spacial score (nSPS) is 17.2. The number of aromatic carboxylic acids is 1. The van der Waals surface area contributed by atoms with Crippen LogP contribution in [0.25, 0.3) is 0 Å². The van der Waals surface area contributed by atoms with E-state index in [0.717, 1.165) is 0 Å². The van der Waals surface area contributed by atoms with Crippen LogP contribution in [0, 0.1) is 5.82 Å². The zero-order valence-corrected chi connectivity index (χ0v) is 9.27. The molecule has 1 saturated heterocycles. The Hall–Kier alpha value is -1.62. The SMILES string of the molecule is O=C(O)c1ccc(N2CCC(O)CC2)cc1F. The fourth-order valence-corrected chi connectivity index (χ4v) is 2.00. The zero-order valence-electron chi connectivity index (χ0n) is 9.27. The smallest absolute Gasteiger partial charge is 0.338 e. The summed E-state index contributed by atoms with van der Waals surface area (Å²) in [5, 5.41) is 18.1. The zero-order chi connectivity index (χ0) is 12.4. The van der Waals surface area contributed by atoms with E-state index in [9.17, 15) is 14.3 Å². The Balaban J connectivity index is 2.17. The van der Waals surface area contributed by atoms with E-state index in [0.29, 0.717) is 31.6 Å². The van der Waals surface area contributed by atoms with Crippen LogP contribution in [0.5, 0.6) is 0 Å². The van der Waals surface area contributed by atoms with Gasteiger partial charge in [-0.3, -0.25) is 0 Å². The van der Waals surface area contributed by atoms with E-state index >= 15 is 0 Å². The third-order valence-corrected chi connectivity index (χ3v) is 3.01. The Morgan fingerprint density at radius 1 is 1.35 bits per heavy atom. The summed E-state index contributed by atoms with van der Waals surface area (Å²) in [6, 6.07) is 4.11. The predicted molar refractivity (Wildman–Crippen MR) is 60.8 cm³/mol. The summed E-state index contributed by atoms with van der Waals surface area (Å²) < 4.78 is 13.5. The largest absolute Gasteiger partial charge is 0.478 e. The number of carboxylic acids is 1. The van der Waals surface area contributed by atoms with Crippen molar-refractivity contribution in [2.24, 2.45) is 0 Å². The van der Waals surface area contributed by atoms with Crippen LogP contribution < -0.4 is 4.90 Å². The fraction of sp³-hybridized carbons (Fsp3) is 0.417. The van der Waals surface area contributed by atoms with Crippen LogP contribution in [0.3, 0.4) is 0 Å². The summed E-state index contributed by atoms with van der Waals surface area (Å²) in [6.45, 7) is 1.32. The second kappa shape index (κ2) is 4.71. The topological polar surface area (TPSA) is 60.8 Å². The molecule has 4 nitrogen and oxygen atoms in total. The Labute approximate surface area is 98.3 Å². The van der Waals surface area contributed by atoms with Crippen molar-refractivity contribution in [1.82, 2.24) is 0 Å². The number of rotatable bonds is 2. The third kappa shape index (κ3) is 2.55. The number of hydrogen-bond donors (Lipinski definition) is 2. The van der Waals surface area contributed by atoms with E-state index in [4.69, 9.17) is 5.11 Å². The van der Waals surface area contributed by atoms with Crippen molar-refractivity contribution in [1.29, 1.82) is 0 Å². The highest BCUT2D eigenvalue weighted by Gasteiger charge is 2.19. The molecular formula is C12H14FNO3. The molecule has 0 aliphatic carbocycles. The van der Waals surface area contributed by atoms with Crippen LogP contribution in [0.4, 0.5) is 10.1 Å². The highest BCUT2D eigenvalue weighted by molar-refractivity contribution is 5.88. The van der Waals surface area contributed by atoms with Crippen molar-refractivity contribution < 1.29 is 19.4 Å². The van der Waals surface area contributed by atoms with E-state index in [-0.39, 0.29) is 11.7 Å². The Morgan fingerprint density at radius 2 is 2.00 bits per heavy atom. The fourth-order valence-electron chi connectivity index (χ4n) is 2.00. The number of benzene rings is 1. The van der Waals surface area contributed by atoms with Gasteiger partial charge in [0.05, 0.1) is 11.7 Å². The first kappa shape index (κ1) is 11.9. The van der Waals surface area contributed by atoms with Crippen LogP contribution in [0.2, 0.25) is 0 Å². The van der Waals surface area contributed by atoms with Crippen molar-refractivity contribution in [3.05, 3.63) is 29.6 Å². The standard InChI is InChI=1S/C12H14FNO3/c13-11-7-8(1-2-10(11)12(16)17)14-5-3-9(15)4-6-14/h1-2,7,9,15H,3-6H2,(H,16,17). The van der Waals surface area contributed by atoms with Gasteiger partial charge in [0.25, 0.3) is 0 Å². The molecule has 1 heterocycles. The van der Waals surface area contributed by atoms with E-state index < -0.39 is 11.8 Å². The van der Waals surface area contributed by atoms with Gasteiger partial charge in [0.2, 0.25) is 0 Å². The lowest BCUT2D eigenvalue weighted by molar-refractivity contribution is 0.0692. The molecule has 1 aromatic carbocycles. The molecule has 0 spiro atoms. The van der Waals surface area contributed by atoms with Crippen molar-refractivity contribution in [2.45, 2.75) is 18.9 Å². The van der Waals surface area contributed by atoms with E-state index in [1.165, 1.54) is 12.1 Å². The summed E-state index contributed by atoms with van der Waals surface area (Å²) in [6.07, 6.45) is 1.03. The summed E-state index contributed by atoms with van der Waals surface area (Å²) in [5.74, 6) is -1.98. The van der Waals surface area contributed by atoms with Crippen molar-refractivity contribution in [3.8, 4) is 0 Å². The molecule has 0 bridgehead atoms. The van der Waals surface area contributed by atoms with Gasteiger partial charge in [-0.25, -0.2) is 9.18 Å². The number of halogens is 1. The molecule has 5 heteroatoms. The molecule has 2 N–H and O–H groups in total. The van der Waals surface area contributed by atoms with Gasteiger partial charge in [0.15, 0.2) is 0 Å². The van der Waals surface area contributed by atoms with Crippen LogP contribution in [-0.4, -0.2) is 35.4 Å². The van der Waals surface area contributed by atoms with Crippen LogP contribution in [0.15, 0.2) is 18.2 Å². The van der Waals surface area contributed by atoms with Gasteiger partial charge in [0.1, 0.15) is 5.82 Å². The molecule has 2 rings (SSSR count). The van der Waals surface area contributed by atoms with Crippen molar-refractivity contribution in [3.63, 3.8) is 0 Å². The summed E-state index contributed by atoms with van der Waals surface area (Å²) in [4.78, 5) is 12.6. The average Bonchev–Trinajstić information content (AvgIpc) is 2.29. The Morgan fingerprint density at radius 3 is 2.53 bits per heavy atom. The second-order valence-electron chi connectivity index (χ2n) is 4.19.